The molecule has 4 heteroatoms. The second-order valence-electron chi connectivity index (χ2n) is 5.62. The van der Waals surface area contributed by atoms with Crippen LogP contribution < -0.4 is 5.73 Å². The minimum atomic E-state index is 0.249. The van der Waals surface area contributed by atoms with Gasteiger partial charge in [-0.15, -0.1) is 5.10 Å². The van der Waals surface area contributed by atoms with Crippen molar-refractivity contribution in [2.75, 3.05) is 5.73 Å². The highest BCUT2D eigenvalue weighted by molar-refractivity contribution is 6.11. The summed E-state index contributed by atoms with van der Waals surface area (Å²) in [6.45, 7) is 4.13. The van der Waals surface area contributed by atoms with E-state index >= 15 is 0 Å². The zero-order chi connectivity index (χ0) is 14.6. The van der Waals surface area contributed by atoms with Gasteiger partial charge in [-0.05, 0) is 18.1 Å². The van der Waals surface area contributed by atoms with Gasteiger partial charge in [-0.1, -0.05) is 32.0 Å². The van der Waals surface area contributed by atoms with Gasteiger partial charge in [-0.25, -0.2) is 0 Å². The molecule has 2 N–H and O–H groups in total. The average molecular weight is 277 g/mol. The predicted octanol–water partition coefficient (Wildman–Crippen LogP) is 4.23. The quantitative estimate of drug-likeness (QED) is 0.565. The molecule has 104 valence electrons. The summed E-state index contributed by atoms with van der Waals surface area (Å²) in [7, 11) is 0. The molecule has 4 rings (SSSR count). The summed E-state index contributed by atoms with van der Waals surface area (Å²) >= 11 is 0. The SMILES string of the molecule is CC(C)c1nnc2cc3oc4ccccc4c3cc2c1N. The molecule has 4 nitrogen and oxygen atoms in total. The van der Waals surface area contributed by atoms with Crippen LogP contribution in [0.15, 0.2) is 40.8 Å². The molecule has 21 heavy (non-hydrogen) atoms. The molecular formula is C17H15N3O. The van der Waals surface area contributed by atoms with Gasteiger partial charge < -0.3 is 10.2 Å². The number of nitrogen functional groups attached to an aromatic ring is 1. The molecule has 4 aromatic rings. The van der Waals surface area contributed by atoms with Gasteiger partial charge in [0.1, 0.15) is 11.2 Å². The lowest BCUT2D eigenvalue weighted by Gasteiger charge is -2.09. The topological polar surface area (TPSA) is 64.9 Å². The van der Waals surface area contributed by atoms with Gasteiger partial charge in [0.2, 0.25) is 0 Å². The number of hydrogen-bond donors (Lipinski definition) is 1. The van der Waals surface area contributed by atoms with Crippen molar-refractivity contribution in [2.45, 2.75) is 19.8 Å². The van der Waals surface area contributed by atoms with Crippen molar-refractivity contribution in [3.05, 3.63) is 42.1 Å². The highest BCUT2D eigenvalue weighted by atomic mass is 16.3. The van der Waals surface area contributed by atoms with Crippen LogP contribution in [-0.2, 0) is 0 Å². The van der Waals surface area contributed by atoms with Gasteiger partial charge in [-0.3, -0.25) is 0 Å². The molecule has 0 amide bonds. The Kier molecular flexibility index (Phi) is 2.42. The summed E-state index contributed by atoms with van der Waals surface area (Å²) in [5.41, 5.74) is 10.3. The summed E-state index contributed by atoms with van der Waals surface area (Å²) in [5.74, 6) is 0.249. The van der Waals surface area contributed by atoms with Crippen LogP contribution in [0.5, 0.6) is 0 Å². The van der Waals surface area contributed by atoms with E-state index in [1.807, 2.05) is 24.3 Å². The van der Waals surface area contributed by atoms with Crippen LogP contribution in [0.1, 0.15) is 25.5 Å². The Labute approximate surface area is 121 Å². The van der Waals surface area contributed by atoms with E-state index in [-0.39, 0.29) is 5.92 Å². The Morgan fingerprint density at radius 2 is 1.76 bits per heavy atom. The van der Waals surface area contributed by atoms with Crippen molar-refractivity contribution in [1.29, 1.82) is 0 Å². The fraction of sp³-hybridized carbons (Fsp3) is 0.176. The van der Waals surface area contributed by atoms with Crippen molar-refractivity contribution in [3.8, 4) is 0 Å². The number of benzene rings is 2. The van der Waals surface area contributed by atoms with Crippen molar-refractivity contribution in [2.24, 2.45) is 0 Å². The van der Waals surface area contributed by atoms with Gasteiger partial charge in [0.05, 0.1) is 16.9 Å². The summed E-state index contributed by atoms with van der Waals surface area (Å²) in [5, 5.41) is 11.6. The Morgan fingerprint density at radius 1 is 0.952 bits per heavy atom. The fourth-order valence-corrected chi connectivity index (χ4v) is 2.79. The monoisotopic (exact) mass is 277 g/mol. The molecule has 0 saturated carbocycles. The molecule has 2 aromatic heterocycles. The number of furan rings is 1. The number of aromatic nitrogens is 2. The Morgan fingerprint density at radius 3 is 2.57 bits per heavy atom. The van der Waals surface area contributed by atoms with Crippen molar-refractivity contribution < 1.29 is 4.42 Å². The Balaban J connectivity index is 2.16. The first kappa shape index (κ1) is 12.1. The second-order valence-corrected chi connectivity index (χ2v) is 5.62. The highest BCUT2D eigenvalue weighted by Crippen LogP contribution is 2.34. The smallest absolute Gasteiger partial charge is 0.137 e. The Hall–Kier alpha value is -2.62. The number of anilines is 1. The molecule has 0 saturated heterocycles. The van der Waals surface area contributed by atoms with Crippen molar-refractivity contribution >= 4 is 38.5 Å². The lowest BCUT2D eigenvalue weighted by molar-refractivity contribution is 0.669. The van der Waals surface area contributed by atoms with E-state index in [0.717, 1.165) is 38.5 Å². The van der Waals surface area contributed by atoms with E-state index in [9.17, 15) is 0 Å². The largest absolute Gasteiger partial charge is 0.456 e. The molecule has 0 aliphatic heterocycles. The molecule has 0 unspecified atom stereocenters. The summed E-state index contributed by atoms with van der Waals surface area (Å²) in [4.78, 5) is 0. The molecule has 0 aliphatic carbocycles. The molecule has 0 atom stereocenters. The van der Waals surface area contributed by atoms with Gasteiger partial charge in [0, 0.05) is 22.2 Å². The number of hydrogen-bond acceptors (Lipinski definition) is 4. The number of rotatable bonds is 1. The van der Waals surface area contributed by atoms with Crippen LogP contribution in [0.3, 0.4) is 0 Å². The molecule has 0 spiro atoms. The first-order valence-electron chi connectivity index (χ1n) is 7.02. The minimum Gasteiger partial charge on any atom is -0.456 e. The highest BCUT2D eigenvalue weighted by Gasteiger charge is 2.14. The maximum absolute atomic E-state index is 6.29. The van der Waals surface area contributed by atoms with Gasteiger partial charge in [0.25, 0.3) is 0 Å². The van der Waals surface area contributed by atoms with Crippen molar-refractivity contribution in [1.82, 2.24) is 10.2 Å². The first-order chi connectivity index (χ1) is 10.1. The third-order valence-electron chi connectivity index (χ3n) is 3.87. The van der Waals surface area contributed by atoms with Crippen LogP contribution in [0.25, 0.3) is 32.8 Å². The van der Waals surface area contributed by atoms with Crippen LogP contribution >= 0.6 is 0 Å². The van der Waals surface area contributed by atoms with Gasteiger partial charge >= 0.3 is 0 Å². The minimum absolute atomic E-state index is 0.249. The number of para-hydroxylation sites is 1. The van der Waals surface area contributed by atoms with Crippen LogP contribution in [0.4, 0.5) is 5.69 Å². The van der Waals surface area contributed by atoms with E-state index in [1.165, 1.54) is 0 Å². The van der Waals surface area contributed by atoms with E-state index < -0.39 is 0 Å². The van der Waals surface area contributed by atoms with E-state index in [4.69, 9.17) is 10.2 Å². The molecule has 0 bridgehead atoms. The summed E-state index contributed by atoms with van der Waals surface area (Å²) in [6.07, 6.45) is 0. The second kappa shape index (κ2) is 4.19. The normalized spacial score (nSPS) is 12.0. The van der Waals surface area contributed by atoms with Crippen molar-refractivity contribution in [3.63, 3.8) is 0 Å². The number of nitrogens with zero attached hydrogens (tertiary/aromatic N) is 2. The third-order valence-corrected chi connectivity index (χ3v) is 3.87. The lowest BCUT2D eigenvalue weighted by atomic mass is 10.0. The number of fused-ring (bicyclic) bond motifs is 4. The zero-order valence-electron chi connectivity index (χ0n) is 11.9. The molecule has 0 fully saturated rings. The third kappa shape index (κ3) is 1.69. The van der Waals surface area contributed by atoms with Gasteiger partial charge in [-0.2, -0.15) is 5.10 Å². The molecule has 0 radical (unpaired) electrons. The Bertz CT molecular complexity index is 986. The lowest BCUT2D eigenvalue weighted by Crippen LogP contribution is -2.03. The van der Waals surface area contributed by atoms with E-state index in [2.05, 4.69) is 36.2 Å². The number of nitrogens with two attached hydrogens (primary N) is 1. The predicted molar refractivity (Wildman–Crippen MR) is 85.3 cm³/mol. The maximum atomic E-state index is 6.29. The molecule has 0 aliphatic rings. The average Bonchev–Trinajstić information content (AvgIpc) is 2.83. The van der Waals surface area contributed by atoms with E-state index in [0.29, 0.717) is 5.69 Å². The first-order valence-corrected chi connectivity index (χ1v) is 7.02. The summed E-state index contributed by atoms with van der Waals surface area (Å²) in [6, 6.07) is 12.0. The van der Waals surface area contributed by atoms with Crippen LogP contribution in [-0.4, -0.2) is 10.2 Å². The molecular weight excluding hydrogens is 262 g/mol. The zero-order valence-corrected chi connectivity index (χ0v) is 11.9. The molecule has 2 heterocycles. The van der Waals surface area contributed by atoms with E-state index in [1.54, 1.807) is 0 Å². The standard InChI is InChI=1S/C17H15N3O/c1-9(2)17-16(18)12-7-11-10-5-3-4-6-14(10)21-15(11)8-13(12)19-20-17/h3-9H,1-2H3,(H2,18,19). The summed E-state index contributed by atoms with van der Waals surface area (Å²) < 4.78 is 5.87. The maximum Gasteiger partial charge on any atom is 0.137 e. The van der Waals surface area contributed by atoms with Crippen LogP contribution in [0.2, 0.25) is 0 Å². The molecule has 2 aromatic carbocycles. The van der Waals surface area contributed by atoms with Gasteiger partial charge in [0.15, 0.2) is 0 Å². The van der Waals surface area contributed by atoms with Crippen LogP contribution in [0, 0.1) is 0 Å². The fourth-order valence-electron chi connectivity index (χ4n) is 2.79.